The van der Waals surface area contributed by atoms with Gasteiger partial charge in [0.25, 0.3) is 0 Å². The zero-order valence-electron chi connectivity index (χ0n) is 11.7. The van der Waals surface area contributed by atoms with Gasteiger partial charge in [-0.3, -0.25) is 4.79 Å². The first-order valence-corrected chi connectivity index (χ1v) is 7.20. The summed E-state index contributed by atoms with van der Waals surface area (Å²) in [5.41, 5.74) is 0. The molecule has 1 unspecified atom stereocenters. The lowest BCUT2D eigenvalue weighted by molar-refractivity contribution is -0.138. The standard InChI is InChI=1S/C16H28O2/c1-3-5-7-9-11-13-15(14-16(17)18)12-10-8-6-4-2/h4,6,8,15H,2-3,5,7,9-14H2,1H3,(H,17,18). The summed E-state index contributed by atoms with van der Waals surface area (Å²) in [6.07, 6.45) is 15.3. The second-order valence-corrected chi connectivity index (χ2v) is 4.91. The Hall–Kier alpha value is -1.05. The molecule has 0 spiro atoms. The van der Waals surface area contributed by atoms with Gasteiger partial charge in [0.05, 0.1) is 0 Å². The fourth-order valence-electron chi connectivity index (χ4n) is 2.16. The summed E-state index contributed by atoms with van der Waals surface area (Å²) in [5.74, 6) is -0.333. The molecule has 0 fully saturated rings. The van der Waals surface area contributed by atoms with E-state index in [1.54, 1.807) is 6.08 Å². The van der Waals surface area contributed by atoms with E-state index in [1.165, 1.54) is 32.1 Å². The summed E-state index contributed by atoms with van der Waals surface area (Å²) in [6, 6.07) is 0. The SMILES string of the molecule is C=CC=CCCC(CCCCCCC)CC(=O)O. The van der Waals surface area contributed by atoms with Crippen LogP contribution >= 0.6 is 0 Å². The van der Waals surface area contributed by atoms with Crippen LogP contribution in [0.2, 0.25) is 0 Å². The summed E-state index contributed by atoms with van der Waals surface area (Å²) < 4.78 is 0. The van der Waals surface area contributed by atoms with Crippen molar-refractivity contribution in [2.75, 3.05) is 0 Å². The van der Waals surface area contributed by atoms with E-state index in [0.717, 1.165) is 19.3 Å². The van der Waals surface area contributed by atoms with Crippen LogP contribution in [-0.2, 0) is 4.79 Å². The van der Waals surface area contributed by atoms with Crippen molar-refractivity contribution in [2.24, 2.45) is 5.92 Å². The molecular weight excluding hydrogens is 224 g/mol. The van der Waals surface area contributed by atoms with Crippen LogP contribution in [0, 0.1) is 5.92 Å². The fourth-order valence-corrected chi connectivity index (χ4v) is 2.16. The number of carboxylic acids is 1. The number of rotatable bonds is 12. The lowest BCUT2D eigenvalue weighted by Gasteiger charge is -2.13. The second kappa shape index (κ2) is 12.4. The van der Waals surface area contributed by atoms with Crippen molar-refractivity contribution in [1.29, 1.82) is 0 Å². The number of hydrogen-bond acceptors (Lipinski definition) is 1. The van der Waals surface area contributed by atoms with Crippen molar-refractivity contribution in [1.82, 2.24) is 0 Å². The molecule has 2 heteroatoms. The molecule has 104 valence electrons. The summed E-state index contributed by atoms with van der Waals surface area (Å²) in [4.78, 5) is 10.8. The van der Waals surface area contributed by atoms with E-state index in [4.69, 9.17) is 5.11 Å². The van der Waals surface area contributed by atoms with E-state index in [2.05, 4.69) is 19.6 Å². The molecule has 0 aromatic carbocycles. The van der Waals surface area contributed by atoms with Gasteiger partial charge in [-0.1, -0.05) is 63.8 Å². The van der Waals surface area contributed by atoms with Gasteiger partial charge < -0.3 is 5.11 Å². The number of hydrogen-bond donors (Lipinski definition) is 1. The molecule has 0 rings (SSSR count). The Balaban J connectivity index is 3.80. The van der Waals surface area contributed by atoms with Crippen LogP contribution in [0.25, 0.3) is 0 Å². The minimum absolute atomic E-state index is 0.315. The third-order valence-electron chi connectivity index (χ3n) is 3.19. The van der Waals surface area contributed by atoms with Crippen molar-refractivity contribution < 1.29 is 9.90 Å². The third-order valence-corrected chi connectivity index (χ3v) is 3.19. The van der Waals surface area contributed by atoms with Crippen molar-refractivity contribution in [3.8, 4) is 0 Å². The molecule has 0 bridgehead atoms. The van der Waals surface area contributed by atoms with Gasteiger partial charge in [0.1, 0.15) is 0 Å². The minimum Gasteiger partial charge on any atom is -0.481 e. The van der Waals surface area contributed by atoms with Crippen LogP contribution in [0.15, 0.2) is 24.8 Å². The Bertz CT molecular complexity index is 243. The Kier molecular flexibility index (Phi) is 11.7. The molecule has 0 saturated carbocycles. The molecule has 0 aromatic rings. The number of carboxylic acid groups (broad SMARTS) is 1. The van der Waals surface area contributed by atoms with Crippen molar-refractivity contribution in [3.05, 3.63) is 24.8 Å². The number of unbranched alkanes of at least 4 members (excludes halogenated alkanes) is 4. The van der Waals surface area contributed by atoms with Gasteiger partial charge >= 0.3 is 5.97 Å². The molecule has 0 saturated heterocycles. The Morgan fingerprint density at radius 2 is 1.94 bits per heavy atom. The molecule has 0 aromatic heterocycles. The Labute approximate surface area is 112 Å². The van der Waals surface area contributed by atoms with Gasteiger partial charge in [0, 0.05) is 6.42 Å². The van der Waals surface area contributed by atoms with Crippen LogP contribution in [0.1, 0.15) is 64.7 Å². The van der Waals surface area contributed by atoms with Crippen molar-refractivity contribution >= 4 is 5.97 Å². The quantitative estimate of drug-likeness (QED) is 0.394. The molecule has 0 aliphatic rings. The number of carbonyl (C=O) groups is 1. The largest absolute Gasteiger partial charge is 0.481 e. The molecule has 0 amide bonds. The zero-order chi connectivity index (χ0) is 13.6. The number of aliphatic carboxylic acids is 1. The molecule has 0 heterocycles. The third kappa shape index (κ3) is 11.4. The predicted octanol–water partition coefficient (Wildman–Crippen LogP) is 4.96. The minimum atomic E-state index is -0.666. The zero-order valence-corrected chi connectivity index (χ0v) is 11.7. The average molecular weight is 252 g/mol. The summed E-state index contributed by atoms with van der Waals surface area (Å²) in [5, 5.41) is 8.89. The first kappa shape index (κ1) is 16.9. The molecular formula is C16H28O2. The summed E-state index contributed by atoms with van der Waals surface area (Å²) >= 11 is 0. The molecule has 0 aliphatic heterocycles. The normalized spacial score (nSPS) is 12.7. The highest BCUT2D eigenvalue weighted by molar-refractivity contribution is 5.66. The first-order chi connectivity index (χ1) is 8.70. The first-order valence-electron chi connectivity index (χ1n) is 7.20. The molecule has 0 aliphatic carbocycles. The summed E-state index contributed by atoms with van der Waals surface area (Å²) in [7, 11) is 0. The van der Waals surface area contributed by atoms with Crippen molar-refractivity contribution in [2.45, 2.75) is 64.7 Å². The monoisotopic (exact) mass is 252 g/mol. The molecule has 1 atom stereocenters. The van der Waals surface area contributed by atoms with Crippen LogP contribution in [-0.4, -0.2) is 11.1 Å². The van der Waals surface area contributed by atoms with Crippen LogP contribution in [0.3, 0.4) is 0 Å². The fraction of sp³-hybridized carbons (Fsp3) is 0.688. The lowest BCUT2D eigenvalue weighted by Crippen LogP contribution is -2.07. The van der Waals surface area contributed by atoms with E-state index in [0.29, 0.717) is 12.3 Å². The summed E-state index contributed by atoms with van der Waals surface area (Å²) in [6.45, 7) is 5.83. The van der Waals surface area contributed by atoms with Gasteiger partial charge in [-0.2, -0.15) is 0 Å². The highest BCUT2D eigenvalue weighted by Gasteiger charge is 2.11. The Morgan fingerprint density at radius 1 is 1.22 bits per heavy atom. The molecule has 1 N–H and O–H groups in total. The average Bonchev–Trinajstić information content (AvgIpc) is 2.33. The van der Waals surface area contributed by atoms with E-state index in [1.807, 2.05) is 6.08 Å². The lowest BCUT2D eigenvalue weighted by atomic mass is 9.92. The highest BCUT2D eigenvalue weighted by atomic mass is 16.4. The molecule has 0 radical (unpaired) electrons. The smallest absolute Gasteiger partial charge is 0.303 e. The van der Waals surface area contributed by atoms with E-state index in [9.17, 15) is 4.79 Å². The van der Waals surface area contributed by atoms with E-state index < -0.39 is 5.97 Å². The van der Waals surface area contributed by atoms with Gasteiger partial charge in [-0.05, 0) is 25.2 Å². The van der Waals surface area contributed by atoms with Gasteiger partial charge in [0.15, 0.2) is 0 Å². The van der Waals surface area contributed by atoms with Crippen LogP contribution in [0.5, 0.6) is 0 Å². The molecule has 18 heavy (non-hydrogen) atoms. The van der Waals surface area contributed by atoms with Gasteiger partial charge in [0.2, 0.25) is 0 Å². The maximum absolute atomic E-state index is 10.8. The van der Waals surface area contributed by atoms with E-state index in [-0.39, 0.29) is 0 Å². The predicted molar refractivity (Wildman–Crippen MR) is 77.7 cm³/mol. The molecule has 2 nitrogen and oxygen atoms in total. The highest BCUT2D eigenvalue weighted by Crippen LogP contribution is 2.20. The topological polar surface area (TPSA) is 37.3 Å². The van der Waals surface area contributed by atoms with E-state index >= 15 is 0 Å². The maximum atomic E-state index is 10.8. The number of allylic oxidation sites excluding steroid dienone is 3. The van der Waals surface area contributed by atoms with Gasteiger partial charge in [-0.15, -0.1) is 0 Å². The van der Waals surface area contributed by atoms with Gasteiger partial charge in [-0.25, -0.2) is 0 Å². The van der Waals surface area contributed by atoms with Crippen LogP contribution < -0.4 is 0 Å². The maximum Gasteiger partial charge on any atom is 0.303 e. The Morgan fingerprint density at radius 3 is 2.56 bits per heavy atom. The second-order valence-electron chi connectivity index (χ2n) is 4.91. The van der Waals surface area contributed by atoms with Crippen molar-refractivity contribution in [3.63, 3.8) is 0 Å². The van der Waals surface area contributed by atoms with Crippen LogP contribution in [0.4, 0.5) is 0 Å².